The van der Waals surface area contributed by atoms with Crippen LogP contribution in [0.2, 0.25) is 0 Å². The Morgan fingerprint density at radius 3 is 2.42 bits per heavy atom. The predicted molar refractivity (Wildman–Crippen MR) is 50.4 cm³/mol. The average molecular weight is 168 g/mol. The molecule has 0 unspecified atom stereocenters. The number of rotatable bonds is 1. The molecule has 1 aliphatic rings. The van der Waals surface area contributed by atoms with Gasteiger partial charge in [0, 0.05) is 0 Å². The van der Waals surface area contributed by atoms with Crippen molar-refractivity contribution in [3.63, 3.8) is 0 Å². The lowest BCUT2D eigenvalue weighted by atomic mass is 10.4. The second kappa shape index (κ2) is 6.53. The SMILES string of the molecule is C=C1OCO/C1=C/C=C\C.CC. The van der Waals surface area contributed by atoms with Crippen LogP contribution in [-0.2, 0) is 9.47 Å². The fraction of sp³-hybridized carbons (Fsp3) is 0.400. The van der Waals surface area contributed by atoms with Crippen molar-refractivity contribution in [2.45, 2.75) is 20.8 Å². The first-order valence-corrected chi connectivity index (χ1v) is 4.12. The van der Waals surface area contributed by atoms with Crippen molar-refractivity contribution in [3.05, 3.63) is 36.3 Å². The Labute approximate surface area is 74.2 Å². The minimum atomic E-state index is 0.294. The molecule has 1 heterocycles. The van der Waals surface area contributed by atoms with Crippen molar-refractivity contribution in [1.82, 2.24) is 0 Å². The molecule has 0 radical (unpaired) electrons. The van der Waals surface area contributed by atoms with E-state index in [1.807, 2.05) is 39.0 Å². The summed E-state index contributed by atoms with van der Waals surface area (Å²) in [5, 5.41) is 0. The summed E-state index contributed by atoms with van der Waals surface area (Å²) in [6.07, 6.45) is 5.63. The van der Waals surface area contributed by atoms with Crippen LogP contribution in [0, 0.1) is 0 Å². The fourth-order valence-corrected chi connectivity index (χ4v) is 0.640. The van der Waals surface area contributed by atoms with E-state index in [1.165, 1.54) is 0 Å². The third-order valence-electron chi connectivity index (χ3n) is 1.16. The monoisotopic (exact) mass is 168 g/mol. The molecule has 0 aliphatic carbocycles. The van der Waals surface area contributed by atoms with E-state index in [4.69, 9.17) is 9.47 Å². The third-order valence-corrected chi connectivity index (χ3v) is 1.16. The molecule has 2 nitrogen and oxygen atoms in total. The Kier molecular flexibility index (Phi) is 5.88. The molecular formula is C10H16O2. The summed E-state index contributed by atoms with van der Waals surface area (Å²) in [6.45, 7) is 9.87. The van der Waals surface area contributed by atoms with Crippen molar-refractivity contribution in [1.29, 1.82) is 0 Å². The maximum atomic E-state index is 5.06. The first-order valence-electron chi connectivity index (χ1n) is 4.12. The van der Waals surface area contributed by atoms with Gasteiger partial charge in [-0.25, -0.2) is 0 Å². The summed E-state index contributed by atoms with van der Waals surface area (Å²) in [7, 11) is 0. The highest BCUT2D eigenvalue weighted by Crippen LogP contribution is 2.18. The second-order valence-corrected chi connectivity index (χ2v) is 1.89. The van der Waals surface area contributed by atoms with Gasteiger partial charge in [-0.3, -0.25) is 0 Å². The lowest BCUT2D eigenvalue weighted by Crippen LogP contribution is -1.77. The molecule has 0 bridgehead atoms. The third kappa shape index (κ3) is 3.28. The molecule has 1 aliphatic heterocycles. The van der Waals surface area contributed by atoms with E-state index in [2.05, 4.69) is 6.58 Å². The van der Waals surface area contributed by atoms with Crippen LogP contribution in [0.1, 0.15) is 20.8 Å². The summed E-state index contributed by atoms with van der Waals surface area (Å²) >= 11 is 0. The van der Waals surface area contributed by atoms with Crippen LogP contribution in [0.15, 0.2) is 36.3 Å². The highest BCUT2D eigenvalue weighted by Gasteiger charge is 2.11. The van der Waals surface area contributed by atoms with Crippen LogP contribution >= 0.6 is 0 Å². The van der Waals surface area contributed by atoms with Crippen LogP contribution < -0.4 is 0 Å². The van der Waals surface area contributed by atoms with Crippen molar-refractivity contribution >= 4 is 0 Å². The van der Waals surface area contributed by atoms with Gasteiger partial charge in [0.05, 0.1) is 0 Å². The van der Waals surface area contributed by atoms with E-state index in [0.717, 1.165) is 5.76 Å². The molecule has 1 saturated heterocycles. The molecule has 0 saturated carbocycles. The van der Waals surface area contributed by atoms with Crippen LogP contribution in [0.3, 0.4) is 0 Å². The van der Waals surface area contributed by atoms with Crippen molar-refractivity contribution in [2.24, 2.45) is 0 Å². The molecule has 1 fully saturated rings. The molecule has 0 aromatic heterocycles. The zero-order valence-corrected chi connectivity index (χ0v) is 7.96. The quantitative estimate of drug-likeness (QED) is 0.599. The number of allylic oxidation sites excluding steroid dienone is 3. The second-order valence-electron chi connectivity index (χ2n) is 1.89. The van der Waals surface area contributed by atoms with Crippen molar-refractivity contribution in [2.75, 3.05) is 6.79 Å². The normalized spacial score (nSPS) is 18.6. The molecule has 0 spiro atoms. The van der Waals surface area contributed by atoms with Gasteiger partial charge in [-0.15, -0.1) is 0 Å². The van der Waals surface area contributed by atoms with E-state index < -0.39 is 0 Å². The van der Waals surface area contributed by atoms with Crippen LogP contribution in [-0.4, -0.2) is 6.79 Å². The lowest BCUT2D eigenvalue weighted by Gasteiger charge is -1.89. The fourth-order valence-electron chi connectivity index (χ4n) is 0.640. The molecule has 0 N–H and O–H groups in total. The smallest absolute Gasteiger partial charge is 0.231 e. The molecular weight excluding hydrogens is 152 g/mol. The zero-order valence-electron chi connectivity index (χ0n) is 7.96. The minimum Gasteiger partial charge on any atom is -0.454 e. The van der Waals surface area contributed by atoms with E-state index in [0.29, 0.717) is 12.6 Å². The zero-order chi connectivity index (χ0) is 9.40. The highest BCUT2D eigenvalue weighted by molar-refractivity contribution is 5.23. The van der Waals surface area contributed by atoms with Crippen LogP contribution in [0.4, 0.5) is 0 Å². The van der Waals surface area contributed by atoms with Gasteiger partial charge in [0.25, 0.3) is 0 Å². The van der Waals surface area contributed by atoms with E-state index in [1.54, 1.807) is 0 Å². The maximum Gasteiger partial charge on any atom is 0.231 e. The Balaban J connectivity index is 0.000000561. The van der Waals surface area contributed by atoms with E-state index in [9.17, 15) is 0 Å². The van der Waals surface area contributed by atoms with Gasteiger partial charge < -0.3 is 9.47 Å². The summed E-state index contributed by atoms with van der Waals surface area (Å²) in [5.74, 6) is 1.33. The van der Waals surface area contributed by atoms with Gasteiger partial charge >= 0.3 is 0 Å². The predicted octanol–water partition coefficient (Wildman–Crippen LogP) is 2.99. The van der Waals surface area contributed by atoms with Gasteiger partial charge in [-0.1, -0.05) is 32.6 Å². The summed E-state index contributed by atoms with van der Waals surface area (Å²) < 4.78 is 10.00. The largest absolute Gasteiger partial charge is 0.454 e. The molecule has 0 aromatic carbocycles. The Morgan fingerprint density at radius 1 is 1.33 bits per heavy atom. The molecule has 1 rings (SSSR count). The Hall–Kier alpha value is -1.18. The molecule has 0 amide bonds. The van der Waals surface area contributed by atoms with E-state index >= 15 is 0 Å². The van der Waals surface area contributed by atoms with Crippen LogP contribution in [0.25, 0.3) is 0 Å². The highest BCUT2D eigenvalue weighted by atomic mass is 16.7. The summed E-state index contributed by atoms with van der Waals surface area (Å²) in [6, 6.07) is 0. The lowest BCUT2D eigenvalue weighted by molar-refractivity contribution is 0.0980. The Bertz CT molecular complexity index is 190. The molecule has 0 aromatic rings. The van der Waals surface area contributed by atoms with Gasteiger partial charge in [-0.05, 0) is 13.0 Å². The molecule has 0 atom stereocenters. The van der Waals surface area contributed by atoms with Gasteiger partial charge in [0.1, 0.15) is 0 Å². The Morgan fingerprint density at radius 2 is 2.00 bits per heavy atom. The first-order chi connectivity index (χ1) is 5.84. The molecule has 12 heavy (non-hydrogen) atoms. The van der Waals surface area contributed by atoms with Gasteiger partial charge in [0.15, 0.2) is 11.5 Å². The van der Waals surface area contributed by atoms with Crippen molar-refractivity contribution in [3.8, 4) is 0 Å². The standard InChI is InChI=1S/C8H10O2.C2H6/c1-3-4-5-8-7(2)9-6-10-8;1-2/h3-5H,2,6H2,1H3;1-2H3/b4-3-,8-5+;. The number of ether oxygens (including phenoxy) is 2. The number of hydrogen-bond donors (Lipinski definition) is 0. The van der Waals surface area contributed by atoms with Gasteiger partial charge in [-0.2, -0.15) is 0 Å². The van der Waals surface area contributed by atoms with Crippen LogP contribution in [0.5, 0.6) is 0 Å². The topological polar surface area (TPSA) is 18.5 Å². The van der Waals surface area contributed by atoms with Gasteiger partial charge in [0.2, 0.25) is 6.79 Å². The average Bonchev–Trinajstić information content (AvgIpc) is 2.51. The minimum absolute atomic E-state index is 0.294. The maximum absolute atomic E-state index is 5.06. The number of hydrogen-bond acceptors (Lipinski definition) is 2. The summed E-state index contributed by atoms with van der Waals surface area (Å²) in [4.78, 5) is 0. The molecule has 68 valence electrons. The molecule has 2 heteroatoms. The summed E-state index contributed by atoms with van der Waals surface area (Å²) in [5.41, 5.74) is 0. The van der Waals surface area contributed by atoms with Crippen molar-refractivity contribution < 1.29 is 9.47 Å². The van der Waals surface area contributed by atoms with E-state index in [-0.39, 0.29) is 0 Å². The first kappa shape index (κ1) is 10.8.